The van der Waals surface area contributed by atoms with Crippen LogP contribution in [0.5, 0.6) is 0 Å². The number of amides is 1. The Labute approximate surface area is 159 Å². The van der Waals surface area contributed by atoms with Crippen molar-refractivity contribution < 1.29 is 27.5 Å². The van der Waals surface area contributed by atoms with E-state index in [0.29, 0.717) is 4.41 Å². The maximum Gasteiger partial charge on any atom is 0.356 e. The molecule has 0 unspecified atom stereocenters. The van der Waals surface area contributed by atoms with E-state index in [2.05, 4.69) is 5.10 Å². The lowest BCUT2D eigenvalue weighted by Gasteiger charge is -2.15. The predicted molar refractivity (Wildman–Crippen MR) is 96.3 cm³/mol. The number of benzene rings is 1. The Morgan fingerprint density at radius 2 is 1.81 bits per heavy atom. The van der Waals surface area contributed by atoms with Gasteiger partial charge < -0.3 is 4.74 Å². The van der Waals surface area contributed by atoms with Crippen molar-refractivity contribution >= 4 is 39.1 Å². The van der Waals surface area contributed by atoms with Crippen molar-refractivity contribution in [3.8, 4) is 0 Å². The van der Waals surface area contributed by atoms with Gasteiger partial charge in [0.05, 0.1) is 11.5 Å². The number of hydrogen-bond donors (Lipinski definition) is 0. The number of rotatable bonds is 5. The minimum atomic E-state index is -4.28. The van der Waals surface area contributed by atoms with Crippen molar-refractivity contribution in [3.63, 3.8) is 0 Å². The number of hydrogen-bond acceptors (Lipinski definition) is 8. The molecule has 1 aromatic heterocycles. The average Bonchev–Trinajstić information content (AvgIpc) is 3.04. The van der Waals surface area contributed by atoms with Gasteiger partial charge in [-0.2, -0.15) is 8.42 Å². The minimum Gasteiger partial charge on any atom is -0.461 e. The number of carbonyl (C=O) groups excluding carboxylic acids is 3. The Hall–Kier alpha value is -2.79. The molecule has 0 saturated carbocycles. The Balaban J connectivity index is 2.65. The van der Waals surface area contributed by atoms with Crippen LogP contribution in [0.2, 0.25) is 0 Å². The lowest BCUT2D eigenvalue weighted by Crippen LogP contribution is -2.35. The molecule has 1 aromatic carbocycles. The van der Waals surface area contributed by atoms with Crippen LogP contribution in [0.4, 0.5) is 0 Å². The first-order chi connectivity index (χ1) is 12.7. The van der Waals surface area contributed by atoms with Crippen LogP contribution in [0.1, 0.15) is 36.1 Å². The molecule has 144 valence electrons. The molecule has 0 aliphatic carbocycles. The second kappa shape index (κ2) is 8.27. The second-order valence-corrected chi connectivity index (χ2v) is 7.76. The van der Waals surface area contributed by atoms with Crippen molar-refractivity contribution in [2.45, 2.75) is 25.7 Å². The zero-order valence-corrected chi connectivity index (χ0v) is 16.4. The number of nitrogens with zero attached hydrogens (tertiary/aromatic N) is 3. The van der Waals surface area contributed by atoms with Crippen molar-refractivity contribution in [2.24, 2.45) is 5.10 Å². The molecule has 0 fully saturated rings. The minimum absolute atomic E-state index is 0.0982. The van der Waals surface area contributed by atoms with Gasteiger partial charge in [0.1, 0.15) is 5.69 Å². The van der Waals surface area contributed by atoms with E-state index in [0.717, 1.165) is 22.8 Å². The number of esters is 1. The Morgan fingerprint density at radius 1 is 1.19 bits per heavy atom. The third-order valence-corrected chi connectivity index (χ3v) is 5.70. The number of sulfonamides is 1. The van der Waals surface area contributed by atoms with Gasteiger partial charge in [0.15, 0.2) is 0 Å². The second-order valence-electron chi connectivity index (χ2n) is 5.16. The van der Waals surface area contributed by atoms with E-state index in [1.807, 2.05) is 0 Å². The highest BCUT2D eigenvalue weighted by Crippen LogP contribution is 2.16. The molecular weight excluding hydrogens is 394 g/mol. The molecule has 27 heavy (non-hydrogen) atoms. The van der Waals surface area contributed by atoms with Crippen LogP contribution in [0.25, 0.3) is 0 Å². The fourth-order valence-corrected chi connectivity index (χ4v) is 4.25. The Morgan fingerprint density at radius 3 is 2.33 bits per heavy atom. The molecule has 0 radical (unpaired) electrons. The van der Waals surface area contributed by atoms with Gasteiger partial charge in [-0.1, -0.05) is 18.2 Å². The average molecular weight is 411 g/mol. The van der Waals surface area contributed by atoms with Gasteiger partial charge in [0.25, 0.3) is 15.9 Å². The summed E-state index contributed by atoms with van der Waals surface area (Å²) >= 11 is 0.832. The molecule has 2 aromatic rings. The number of ether oxygens (including phenoxy) is 1. The number of thiazole rings is 1. The first kappa shape index (κ1) is 20.5. The zero-order valence-electron chi connectivity index (χ0n) is 14.8. The maximum absolute atomic E-state index is 12.7. The molecule has 1 amide bonds. The standard InChI is InChI=1S/C16H17N3O6S2/c1-4-25-15(22)14-10-26-16(18(14)11(2)20)17-19(12(3)21)27(23,24)13-8-6-5-7-9-13/h5-10H,4H2,1-3H3. The summed E-state index contributed by atoms with van der Waals surface area (Å²) in [5.41, 5.74) is -0.103. The van der Waals surface area contributed by atoms with E-state index >= 15 is 0 Å². The van der Waals surface area contributed by atoms with Gasteiger partial charge in [-0.25, -0.2) is 9.36 Å². The van der Waals surface area contributed by atoms with Crippen molar-refractivity contribution in [1.82, 2.24) is 8.98 Å². The van der Waals surface area contributed by atoms with Gasteiger partial charge in [-0.15, -0.1) is 20.9 Å². The molecule has 9 nitrogen and oxygen atoms in total. The molecule has 0 saturated heterocycles. The Bertz CT molecular complexity index is 1040. The smallest absolute Gasteiger partial charge is 0.356 e. The van der Waals surface area contributed by atoms with Crippen LogP contribution >= 0.6 is 11.3 Å². The van der Waals surface area contributed by atoms with Crippen molar-refractivity contribution in [3.05, 3.63) is 46.2 Å². The van der Waals surface area contributed by atoms with Crippen LogP contribution in [0, 0.1) is 0 Å². The summed E-state index contributed by atoms with van der Waals surface area (Å²) in [6.45, 7) is 3.92. The summed E-state index contributed by atoms with van der Waals surface area (Å²) in [4.78, 5) is 35.6. The van der Waals surface area contributed by atoms with Crippen molar-refractivity contribution in [1.29, 1.82) is 0 Å². The van der Waals surface area contributed by atoms with E-state index in [1.54, 1.807) is 13.0 Å². The highest BCUT2D eigenvalue weighted by atomic mass is 32.2. The molecule has 0 aliphatic heterocycles. The van der Waals surface area contributed by atoms with Crippen LogP contribution < -0.4 is 4.80 Å². The molecule has 11 heteroatoms. The molecule has 1 heterocycles. The fourth-order valence-electron chi connectivity index (χ4n) is 2.10. The summed E-state index contributed by atoms with van der Waals surface area (Å²) in [6.07, 6.45) is 0. The quantitative estimate of drug-likeness (QED) is 0.543. The molecule has 0 aliphatic rings. The predicted octanol–water partition coefficient (Wildman–Crippen LogP) is 1.44. The van der Waals surface area contributed by atoms with Gasteiger partial charge in [-0.3, -0.25) is 9.59 Å². The summed E-state index contributed by atoms with van der Waals surface area (Å²) in [6, 6.07) is 7.27. The topological polar surface area (TPSA) is 115 Å². The third kappa shape index (κ3) is 4.31. The lowest BCUT2D eigenvalue weighted by molar-refractivity contribution is -0.124. The summed E-state index contributed by atoms with van der Waals surface area (Å²) in [7, 11) is -4.28. The third-order valence-electron chi connectivity index (χ3n) is 3.22. The molecule has 0 N–H and O–H groups in total. The molecule has 2 rings (SSSR count). The van der Waals surface area contributed by atoms with Crippen LogP contribution in [-0.2, 0) is 19.6 Å². The van der Waals surface area contributed by atoms with E-state index < -0.39 is 27.8 Å². The van der Waals surface area contributed by atoms with Gasteiger partial charge in [0.2, 0.25) is 10.7 Å². The first-order valence-electron chi connectivity index (χ1n) is 7.74. The lowest BCUT2D eigenvalue weighted by atomic mass is 10.4. The Kier molecular flexibility index (Phi) is 6.28. The molecule has 0 bridgehead atoms. The first-order valence-corrected chi connectivity index (χ1v) is 10.1. The monoisotopic (exact) mass is 411 g/mol. The molecular formula is C16H17N3O6S2. The number of carbonyl (C=O) groups is 3. The van der Waals surface area contributed by atoms with Crippen molar-refractivity contribution in [2.75, 3.05) is 6.61 Å². The highest BCUT2D eigenvalue weighted by Gasteiger charge is 2.28. The summed E-state index contributed by atoms with van der Waals surface area (Å²) in [5, 5.41) is 5.15. The largest absolute Gasteiger partial charge is 0.461 e. The van der Waals surface area contributed by atoms with Gasteiger partial charge in [0, 0.05) is 19.2 Å². The number of aromatic nitrogens is 1. The highest BCUT2D eigenvalue weighted by molar-refractivity contribution is 7.89. The van der Waals surface area contributed by atoms with E-state index in [4.69, 9.17) is 4.74 Å². The summed E-state index contributed by atoms with van der Waals surface area (Å²) < 4.78 is 31.5. The fraction of sp³-hybridized carbons (Fsp3) is 0.250. The van der Waals surface area contributed by atoms with Crippen LogP contribution in [0.3, 0.4) is 0 Å². The molecule has 0 atom stereocenters. The molecule has 0 spiro atoms. The SMILES string of the molecule is CCOC(=O)c1csc(=NN(C(C)=O)S(=O)(=O)c2ccccc2)n1C(C)=O. The van der Waals surface area contributed by atoms with E-state index in [9.17, 15) is 22.8 Å². The van der Waals surface area contributed by atoms with Crippen LogP contribution in [-0.4, -0.2) is 41.8 Å². The zero-order chi connectivity index (χ0) is 20.2. The van der Waals surface area contributed by atoms with Crippen LogP contribution in [0.15, 0.2) is 45.7 Å². The maximum atomic E-state index is 12.7. The van der Waals surface area contributed by atoms with E-state index in [1.165, 1.54) is 36.6 Å². The van der Waals surface area contributed by atoms with Gasteiger partial charge >= 0.3 is 5.97 Å². The normalized spacial score (nSPS) is 11.9. The summed E-state index contributed by atoms with van der Waals surface area (Å²) in [5.74, 6) is -2.22. The van der Waals surface area contributed by atoms with E-state index in [-0.39, 0.29) is 22.0 Å². The van der Waals surface area contributed by atoms with Gasteiger partial charge in [-0.05, 0) is 19.1 Å².